The predicted molar refractivity (Wildman–Crippen MR) is 101 cm³/mol. The van der Waals surface area contributed by atoms with Crippen molar-refractivity contribution < 1.29 is 22.7 Å². The van der Waals surface area contributed by atoms with E-state index in [4.69, 9.17) is 11.6 Å². The van der Waals surface area contributed by atoms with Gasteiger partial charge in [-0.15, -0.1) is 0 Å². The SMILES string of the molecule is CC1CCN(c2ccc(NC(=O)c3cnc(OCC(F)(F)F)c(Cl)c3)cc2)C1. The summed E-state index contributed by atoms with van der Waals surface area (Å²) < 4.78 is 41.1. The van der Waals surface area contributed by atoms with Gasteiger partial charge >= 0.3 is 6.18 Å². The van der Waals surface area contributed by atoms with Crippen LogP contribution < -0.4 is 15.0 Å². The van der Waals surface area contributed by atoms with E-state index in [0.29, 0.717) is 11.6 Å². The smallest absolute Gasteiger partial charge is 0.422 e. The third kappa shape index (κ3) is 5.28. The number of nitrogens with one attached hydrogen (secondary N) is 1. The number of benzene rings is 1. The van der Waals surface area contributed by atoms with E-state index in [1.54, 1.807) is 12.1 Å². The van der Waals surface area contributed by atoms with Crippen LogP contribution in [0, 0.1) is 5.92 Å². The number of hydrogen-bond donors (Lipinski definition) is 1. The molecule has 0 saturated carbocycles. The highest BCUT2D eigenvalue weighted by Crippen LogP contribution is 2.27. The van der Waals surface area contributed by atoms with E-state index in [9.17, 15) is 18.0 Å². The zero-order valence-corrected chi connectivity index (χ0v) is 15.8. The summed E-state index contributed by atoms with van der Waals surface area (Å²) in [7, 11) is 0. The molecule has 28 heavy (non-hydrogen) atoms. The fourth-order valence-corrected chi connectivity index (χ4v) is 3.16. The lowest BCUT2D eigenvalue weighted by molar-refractivity contribution is -0.154. The summed E-state index contributed by atoms with van der Waals surface area (Å²) in [6.07, 6.45) is -2.22. The number of pyridine rings is 1. The molecular formula is C19H19ClF3N3O2. The lowest BCUT2D eigenvalue weighted by Gasteiger charge is -2.18. The molecule has 1 aliphatic rings. The molecule has 9 heteroatoms. The zero-order valence-electron chi connectivity index (χ0n) is 15.1. The molecule has 1 N–H and O–H groups in total. The highest BCUT2D eigenvalue weighted by atomic mass is 35.5. The van der Waals surface area contributed by atoms with Crippen molar-refractivity contribution in [3.05, 3.63) is 47.1 Å². The summed E-state index contributed by atoms with van der Waals surface area (Å²) >= 11 is 5.87. The zero-order chi connectivity index (χ0) is 20.3. The fourth-order valence-electron chi connectivity index (χ4n) is 2.93. The molecule has 1 unspecified atom stereocenters. The first-order valence-corrected chi connectivity index (χ1v) is 9.10. The predicted octanol–water partition coefficient (Wildman–Crippen LogP) is 4.77. The van der Waals surface area contributed by atoms with E-state index in [0.717, 1.165) is 31.4 Å². The van der Waals surface area contributed by atoms with Crippen LogP contribution in [0.15, 0.2) is 36.5 Å². The van der Waals surface area contributed by atoms with Crippen LogP contribution in [0.1, 0.15) is 23.7 Å². The van der Waals surface area contributed by atoms with E-state index < -0.39 is 18.7 Å². The number of alkyl halides is 3. The molecule has 2 aromatic rings. The molecule has 0 aliphatic carbocycles. The average Bonchev–Trinajstić information content (AvgIpc) is 3.07. The van der Waals surface area contributed by atoms with Gasteiger partial charge < -0.3 is 15.0 Å². The number of rotatable bonds is 5. The number of aromatic nitrogens is 1. The van der Waals surface area contributed by atoms with Crippen molar-refractivity contribution in [3.63, 3.8) is 0 Å². The molecule has 3 rings (SSSR count). The van der Waals surface area contributed by atoms with Crippen LogP contribution in [0.2, 0.25) is 5.02 Å². The number of amides is 1. The molecule has 150 valence electrons. The van der Waals surface area contributed by atoms with Crippen molar-refractivity contribution in [3.8, 4) is 5.88 Å². The molecule has 1 saturated heterocycles. The third-order valence-corrected chi connectivity index (χ3v) is 4.63. The van der Waals surface area contributed by atoms with Gasteiger partial charge in [-0.25, -0.2) is 4.98 Å². The maximum atomic E-state index is 12.3. The van der Waals surface area contributed by atoms with Gasteiger partial charge in [0.25, 0.3) is 5.91 Å². The van der Waals surface area contributed by atoms with E-state index in [-0.39, 0.29) is 16.5 Å². The van der Waals surface area contributed by atoms with Gasteiger partial charge in [0.1, 0.15) is 5.02 Å². The van der Waals surface area contributed by atoms with Crippen molar-refractivity contribution in [2.24, 2.45) is 5.92 Å². The van der Waals surface area contributed by atoms with Crippen LogP contribution in [-0.2, 0) is 0 Å². The van der Waals surface area contributed by atoms with Gasteiger partial charge in [0.05, 0.1) is 5.56 Å². The number of hydrogen-bond acceptors (Lipinski definition) is 4. The van der Waals surface area contributed by atoms with Gasteiger partial charge in [-0.05, 0) is 42.7 Å². The molecule has 5 nitrogen and oxygen atoms in total. The average molecular weight is 414 g/mol. The minimum atomic E-state index is -4.50. The minimum Gasteiger partial charge on any atom is -0.467 e. The summed E-state index contributed by atoms with van der Waals surface area (Å²) in [5.41, 5.74) is 1.80. The van der Waals surface area contributed by atoms with Crippen LogP contribution in [0.3, 0.4) is 0 Å². The normalized spacial score (nSPS) is 16.9. The van der Waals surface area contributed by atoms with Gasteiger partial charge in [-0.2, -0.15) is 13.2 Å². The van der Waals surface area contributed by atoms with Gasteiger partial charge in [0, 0.05) is 30.7 Å². The van der Waals surface area contributed by atoms with Crippen LogP contribution in [-0.4, -0.2) is 36.8 Å². The standard InChI is InChI=1S/C19H19ClF3N3O2/c1-12-6-7-26(10-12)15-4-2-14(3-5-15)25-17(27)13-8-16(20)18(24-9-13)28-11-19(21,22)23/h2-5,8-9,12H,6-7,10-11H2,1H3,(H,25,27). The summed E-state index contributed by atoms with van der Waals surface area (Å²) in [6, 6.07) is 8.69. The quantitative estimate of drug-likeness (QED) is 0.766. The second kappa shape index (κ2) is 8.26. The maximum Gasteiger partial charge on any atom is 0.422 e. The first-order valence-electron chi connectivity index (χ1n) is 8.73. The van der Waals surface area contributed by atoms with E-state index in [1.807, 2.05) is 12.1 Å². The fraction of sp³-hybridized carbons (Fsp3) is 0.368. The molecule has 0 radical (unpaired) electrons. The number of carbonyl (C=O) groups is 1. The third-order valence-electron chi connectivity index (χ3n) is 4.36. The van der Waals surface area contributed by atoms with Crippen molar-refractivity contribution in [2.75, 3.05) is 29.9 Å². The van der Waals surface area contributed by atoms with Gasteiger partial charge in [-0.3, -0.25) is 4.79 Å². The highest BCUT2D eigenvalue weighted by Gasteiger charge is 2.29. The first-order chi connectivity index (χ1) is 13.2. The lowest BCUT2D eigenvalue weighted by atomic mass is 10.2. The molecular weight excluding hydrogens is 395 g/mol. The number of anilines is 2. The first kappa shape index (κ1) is 20.3. The Bertz CT molecular complexity index is 843. The van der Waals surface area contributed by atoms with Crippen LogP contribution in [0.5, 0.6) is 5.88 Å². The summed E-state index contributed by atoms with van der Waals surface area (Å²) in [5, 5.41) is 2.54. The van der Waals surface area contributed by atoms with Gasteiger partial charge in [0.15, 0.2) is 6.61 Å². The number of carbonyl (C=O) groups excluding carboxylic acids is 1. The van der Waals surface area contributed by atoms with Crippen LogP contribution in [0.4, 0.5) is 24.5 Å². The Morgan fingerprint density at radius 1 is 1.36 bits per heavy atom. The molecule has 0 bridgehead atoms. The highest BCUT2D eigenvalue weighted by molar-refractivity contribution is 6.32. The van der Waals surface area contributed by atoms with Crippen molar-refractivity contribution in [1.29, 1.82) is 0 Å². The molecule has 1 atom stereocenters. The topological polar surface area (TPSA) is 54.5 Å². The van der Waals surface area contributed by atoms with Gasteiger partial charge in [0.2, 0.25) is 5.88 Å². The molecule has 1 aromatic carbocycles. The van der Waals surface area contributed by atoms with E-state index >= 15 is 0 Å². The Hall–Kier alpha value is -2.48. The number of nitrogens with zero attached hydrogens (tertiary/aromatic N) is 2. The second-order valence-corrected chi connectivity index (χ2v) is 7.16. The van der Waals surface area contributed by atoms with Crippen LogP contribution >= 0.6 is 11.6 Å². The Morgan fingerprint density at radius 3 is 2.64 bits per heavy atom. The maximum absolute atomic E-state index is 12.3. The summed E-state index contributed by atoms with van der Waals surface area (Å²) in [5.74, 6) is -0.182. The molecule has 2 heterocycles. The molecule has 1 amide bonds. The molecule has 0 spiro atoms. The number of ether oxygens (including phenoxy) is 1. The molecule has 1 fully saturated rings. The Balaban J connectivity index is 1.62. The lowest BCUT2D eigenvalue weighted by Crippen LogP contribution is -2.20. The van der Waals surface area contributed by atoms with Crippen molar-refractivity contribution >= 4 is 28.9 Å². The molecule has 1 aliphatic heterocycles. The minimum absolute atomic E-state index is 0.113. The van der Waals surface area contributed by atoms with Crippen LogP contribution in [0.25, 0.3) is 0 Å². The van der Waals surface area contributed by atoms with Crippen molar-refractivity contribution in [1.82, 2.24) is 4.98 Å². The van der Waals surface area contributed by atoms with E-state index in [1.165, 1.54) is 6.07 Å². The largest absolute Gasteiger partial charge is 0.467 e. The Labute approximate surface area is 165 Å². The van der Waals surface area contributed by atoms with Crippen molar-refractivity contribution in [2.45, 2.75) is 19.5 Å². The van der Waals surface area contributed by atoms with Gasteiger partial charge in [-0.1, -0.05) is 18.5 Å². The second-order valence-electron chi connectivity index (χ2n) is 6.76. The molecule has 1 aromatic heterocycles. The summed E-state index contributed by atoms with van der Waals surface area (Å²) in [4.78, 5) is 18.3. The number of halogens is 4. The Morgan fingerprint density at radius 2 is 2.07 bits per heavy atom. The van der Waals surface area contributed by atoms with E-state index in [2.05, 4.69) is 26.9 Å². The monoisotopic (exact) mass is 413 g/mol. The Kier molecular flexibility index (Phi) is 5.98. The summed E-state index contributed by atoms with van der Waals surface area (Å²) in [6.45, 7) is 2.74.